The zero-order valence-electron chi connectivity index (χ0n) is 13.3. The Morgan fingerprint density at radius 2 is 1.73 bits per heavy atom. The normalized spacial score (nSPS) is 10.1. The Bertz CT molecular complexity index is 633. The third kappa shape index (κ3) is 4.52. The molecule has 4 nitrogen and oxygen atoms in total. The van der Waals surface area contributed by atoms with Crippen molar-refractivity contribution < 1.29 is 9.53 Å². The van der Waals surface area contributed by atoms with Crippen LogP contribution >= 0.6 is 0 Å². The molecule has 0 atom stereocenters. The lowest BCUT2D eigenvalue weighted by molar-refractivity contribution is 0.247. The van der Waals surface area contributed by atoms with Crippen LogP contribution in [-0.4, -0.2) is 19.2 Å². The highest BCUT2D eigenvalue weighted by Crippen LogP contribution is 2.21. The summed E-state index contributed by atoms with van der Waals surface area (Å²) in [7, 11) is 0. The van der Waals surface area contributed by atoms with Gasteiger partial charge in [-0.05, 0) is 49.6 Å². The van der Waals surface area contributed by atoms with Crippen molar-refractivity contribution in [2.45, 2.75) is 20.8 Å². The second-order valence-corrected chi connectivity index (χ2v) is 5.32. The van der Waals surface area contributed by atoms with E-state index in [1.165, 1.54) is 0 Å². The van der Waals surface area contributed by atoms with Gasteiger partial charge in [-0.1, -0.05) is 30.3 Å². The van der Waals surface area contributed by atoms with Crippen molar-refractivity contribution in [1.82, 2.24) is 5.32 Å². The van der Waals surface area contributed by atoms with Gasteiger partial charge in [0.1, 0.15) is 12.4 Å². The zero-order valence-corrected chi connectivity index (χ0v) is 13.3. The van der Waals surface area contributed by atoms with Gasteiger partial charge in [0.05, 0.1) is 6.54 Å². The Balaban J connectivity index is 1.76. The molecule has 2 rings (SSSR count). The maximum atomic E-state index is 11.8. The van der Waals surface area contributed by atoms with Crippen molar-refractivity contribution in [2.24, 2.45) is 0 Å². The molecule has 0 radical (unpaired) electrons. The van der Waals surface area contributed by atoms with E-state index in [0.29, 0.717) is 13.2 Å². The molecule has 2 N–H and O–H groups in total. The Hall–Kier alpha value is -2.49. The SMILES string of the molecule is Cc1cccc(NC(=O)NCCOc2c(C)cccc2C)c1. The molecule has 0 saturated heterocycles. The summed E-state index contributed by atoms with van der Waals surface area (Å²) in [6.45, 7) is 6.90. The number of carbonyl (C=O) groups is 1. The molecule has 2 aromatic carbocycles. The molecule has 0 spiro atoms. The summed E-state index contributed by atoms with van der Waals surface area (Å²) >= 11 is 0. The summed E-state index contributed by atoms with van der Waals surface area (Å²) in [6.07, 6.45) is 0. The largest absolute Gasteiger partial charge is 0.491 e. The van der Waals surface area contributed by atoms with E-state index >= 15 is 0 Å². The predicted molar refractivity (Wildman–Crippen MR) is 89.6 cm³/mol. The topological polar surface area (TPSA) is 50.4 Å². The van der Waals surface area contributed by atoms with Gasteiger partial charge >= 0.3 is 6.03 Å². The van der Waals surface area contributed by atoms with E-state index in [2.05, 4.69) is 10.6 Å². The molecular weight excluding hydrogens is 276 g/mol. The molecule has 0 saturated carbocycles. The molecule has 116 valence electrons. The van der Waals surface area contributed by atoms with Gasteiger partial charge in [0.25, 0.3) is 0 Å². The molecule has 0 aliphatic heterocycles. The molecular formula is C18H22N2O2. The number of amides is 2. The summed E-state index contributed by atoms with van der Waals surface area (Å²) in [5, 5.41) is 5.58. The number of ether oxygens (including phenoxy) is 1. The van der Waals surface area contributed by atoms with Crippen LogP contribution in [0.25, 0.3) is 0 Å². The van der Waals surface area contributed by atoms with Crippen LogP contribution in [0.2, 0.25) is 0 Å². The average molecular weight is 298 g/mol. The third-order valence-electron chi connectivity index (χ3n) is 3.32. The van der Waals surface area contributed by atoms with E-state index in [0.717, 1.165) is 28.1 Å². The first-order chi connectivity index (χ1) is 10.6. The van der Waals surface area contributed by atoms with E-state index < -0.39 is 0 Å². The fraction of sp³-hybridized carbons (Fsp3) is 0.278. The van der Waals surface area contributed by atoms with Gasteiger partial charge in [-0.15, -0.1) is 0 Å². The molecule has 22 heavy (non-hydrogen) atoms. The number of hydrogen-bond acceptors (Lipinski definition) is 2. The molecule has 2 aromatic rings. The van der Waals surface area contributed by atoms with Gasteiger partial charge < -0.3 is 15.4 Å². The fourth-order valence-corrected chi connectivity index (χ4v) is 2.24. The van der Waals surface area contributed by atoms with Crippen LogP contribution in [0, 0.1) is 20.8 Å². The van der Waals surface area contributed by atoms with Crippen LogP contribution in [0.4, 0.5) is 10.5 Å². The van der Waals surface area contributed by atoms with E-state index in [9.17, 15) is 4.79 Å². The minimum Gasteiger partial charge on any atom is -0.491 e. The molecule has 4 heteroatoms. The third-order valence-corrected chi connectivity index (χ3v) is 3.32. The fourth-order valence-electron chi connectivity index (χ4n) is 2.24. The second-order valence-electron chi connectivity index (χ2n) is 5.32. The lowest BCUT2D eigenvalue weighted by atomic mass is 10.1. The molecule has 0 bridgehead atoms. The minimum atomic E-state index is -0.226. The molecule has 0 aromatic heterocycles. The van der Waals surface area contributed by atoms with Crippen molar-refractivity contribution in [2.75, 3.05) is 18.5 Å². The molecule has 0 aliphatic rings. The lowest BCUT2D eigenvalue weighted by Gasteiger charge is -2.12. The first-order valence-corrected chi connectivity index (χ1v) is 7.37. The van der Waals surface area contributed by atoms with Crippen molar-refractivity contribution in [3.63, 3.8) is 0 Å². The number of aryl methyl sites for hydroxylation is 3. The Kier molecular flexibility index (Phi) is 5.42. The maximum Gasteiger partial charge on any atom is 0.319 e. The van der Waals surface area contributed by atoms with Crippen molar-refractivity contribution in [3.05, 3.63) is 59.2 Å². The first-order valence-electron chi connectivity index (χ1n) is 7.37. The van der Waals surface area contributed by atoms with E-state index in [1.54, 1.807) is 0 Å². The monoisotopic (exact) mass is 298 g/mol. The van der Waals surface area contributed by atoms with Gasteiger partial charge in [-0.2, -0.15) is 0 Å². The number of urea groups is 1. The summed E-state index contributed by atoms with van der Waals surface area (Å²) in [6, 6.07) is 13.5. The quantitative estimate of drug-likeness (QED) is 0.825. The molecule has 0 fully saturated rings. The second kappa shape index (κ2) is 7.50. The van der Waals surface area contributed by atoms with E-state index in [1.807, 2.05) is 63.2 Å². The number of nitrogens with one attached hydrogen (secondary N) is 2. The number of hydrogen-bond donors (Lipinski definition) is 2. The Morgan fingerprint density at radius 1 is 1.05 bits per heavy atom. The van der Waals surface area contributed by atoms with Crippen molar-refractivity contribution in [1.29, 1.82) is 0 Å². The summed E-state index contributed by atoms with van der Waals surface area (Å²) in [5.41, 5.74) is 4.10. The standard InChI is InChI=1S/C18H22N2O2/c1-13-6-4-9-16(12-13)20-18(21)19-10-11-22-17-14(2)7-5-8-15(17)3/h4-9,12H,10-11H2,1-3H3,(H2,19,20,21). The Morgan fingerprint density at radius 3 is 2.41 bits per heavy atom. The lowest BCUT2D eigenvalue weighted by Crippen LogP contribution is -2.32. The number of rotatable bonds is 5. The van der Waals surface area contributed by atoms with E-state index in [-0.39, 0.29) is 6.03 Å². The maximum absolute atomic E-state index is 11.8. The number of carbonyl (C=O) groups excluding carboxylic acids is 1. The highest BCUT2D eigenvalue weighted by molar-refractivity contribution is 5.89. The highest BCUT2D eigenvalue weighted by Gasteiger charge is 2.04. The molecule has 0 unspecified atom stereocenters. The highest BCUT2D eigenvalue weighted by atomic mass is 16.5. The van der Waals surface area contributed by atoms with Gasteiger partial charge in [0.15, 0.2) is 0 Å². The van der Waals surface area contributed by atoms with Crippen molar-refractivity contribution >= 4 is 11.7 Å². The average Bonchev–Trinajstić information content (AvgIpc) is 2.46. The van der Waals surface area contributed by atoms with Crippen LogP contribution < -0.4 is 15.4 Å². The van der Waals surface area contributed by atoms with Crippen LogP contribution in [-0.2, 0) is 0 Å². The van der Waals surface area contributed by atoms with Crippen LogP contribution in [0.15, 0.2) is 42.5 Å². The smallest absolute Gasteiger partial charge is 0.319 e. The molecule has 0 heterocycles. The van der Waals surface area contributed by atoms with Gasteiger partial charge in [0.2, 0.25) is 0 Å². The summed E-state index contributed by atoms with van der Waals surface area (Å²) in [4.78, 5) is 11.8. The van der Waals surface area contributed by atoms with Gasteiger partial charge in [-0.25, -0.2) is 4.79 Å². The van der Waals surface area contributed by atoms with Crippen LogP contribution in [0.3, 0.4) is 0 Å². The summed E-state index contributed by atoms with van der Waals surface area (Å²) in [5.74, 6) is 0.892. The number of para-hydroxylation sites is 1. The van der Waals surface area contributed by atoms with Crippen molar-refractivity contribution in [3.8, 4) is 5.75 Å². The summed E-state index contributed by atoms with van der Waals surface area (Å²) < 4.78 is 5.74. The number of anilines is 1. The van der Waals surface area contributed by atoms with Gasteiger partial charge in [0, 0.05) is 5.69 Å². The number of benzene rings is 2. The Labute approximate surface area is 131 Å². The first kappa shape index (κ1) is 15.9. The molecule has 0 aliphatic carbocycles. The zero-order chi connectivity index (χ0) is 15.9. The van der Waals surface area contributed by atoms with E-state index in [4.69, 9.17) is 4.74 Å². The predicted octanol–water partition coefficient (Wildman–Crippen LogP) is 3.81. The van der Waals surface area contributed by atoms with Crippen LogP contribution in [0.5, 0.6) is 5.75 Å². The van der Waals surface area contributed by atoms with Crippen LogP contribution in [0.1, 0.15) is 16.7 Å². The molecule has 2 amide bonds. The minimum absolute atomic E-state index is 0.226. The van der Waals surface area contributed by atoms with Gasteiger partial charge in [-0.3, -0.25) is 0 Å².